The number of nitrogens with one attached hydrogen (secondary N) is 2. The first-order valence-corrected chi connectivity index (χ1v) is 7.59. The monoisotopic (exact) mass is 322 g/mol. The normalized spacial score (nSPS) is 10.4. The number of aryl methyl sites for hydroxylation is 2. The van der Waals surface area contributed by atoms with Crippen LogP contribution in [0.25, 0.3) is 0 Å². The van der Waals surface area contributed by atoms with E-state index in [4.69, 9.17) is 4.42 Å². The van der Waals surface area contributed by atoms with Crippen LogP contribution >= 0.6 is 0 Å². The second kappa shape index (κ2) is 6.95. The highest BCUT2D eigenvalue weighted by molar-refractivity contribution is 5.93. The third kappa shape index (κ3) is 3.78. The van der Waals surface area contributed by atoms with Crippen LogP contribution in [0, 0.1) is 13.8 Å². The van der Waals surface area contributed by atoms with Gasteiger partial charge >= 0.3 is 0 Å². The first kappa shape index (κ1) is 15.7. The molecule has 122 valence electrons. The van der Waals surface area contributed by atoms with Gasteiger partial charge in [0, 0.05) is 18.1 Å². The molecular weight excluding hydrogens is 304 g/mol. The number of amides is 1. The number of aromatic nitrogens is 2. The van der Waals surface area contributed by atoms with Crippen molar-refractivity contribution in [3.8, 4) is 0 Å². The molecule has 3 aromatic rings. The zero-order valence-corrected chi connectivity index (χ0v) is 13.5. The van der Waals surface area contributed by atoms with Gasteiger partial charge in [-0.1, -0.05) is 6.07 Å². The van der Waals surface area contributed by atoms with E-state index in [0.29, 0.717) is 23.8 Å². The Balaban J connectivity index is 1.62. The van der Waals surface area contributed by atoms with E-state index in [1.165, 1.54) is 23.5 Å². The van der Waals surface area contributed by atoms with Crippen LogP contribution in [0.5, 0.6) is 0 Å². The molecule has 0 saturated heterocycles. The molecule has 0 radical (unpaired) electrons. The maximum absolute atomic E-state index is 12.0. The lowest BCUT2D eigenvalue weighted by Crippen LogP contribution is -2.22. The highest BCUT2D eigenvalue weighted by atomic mass is 16.3. The van der Waals surface area contributed by atoms with Crippen LogP contribution in [0.4, 0.5) is 11.6 Å². The number of benzene rings is 1. The predicted molar refractivity (Wildman–Crippen MR) is 91.1 cm³/mol. The molecule has 1 aromatic carbocycles. The van der Waals surface area contributed by atoms with E-state index in [0.717, 1.165) is 5.69 Å². The Hall–Kier alpha value is -3.15. The quantitative estimate of drug-likeness (QED) is 0.753. The second-order valence-electron chi connectivity index (χ2n) is 5.48. The van der Waals surface area contributed by atoms with Crippen LogP contribution < -0.4 is 10.6 Å². The fourth-order valence-corrected chi connectivity index (χ4v) is 2.14. The maximum atomic E-state index is 12.0. The Bertz CT molecular complexity index is 827. The van der Waals surface area contributed by atoms with Gasteiger partial charge in [-0.25, -0.2) is 9.97 Å². The minimum Gasteiger partial charge on any atom is -0.467 e. The van der Waals surface area contributed by atoms with Crippen LogP contribution in [0.1, 0.15) is 27.2 Å². The number of furan rings is 1. The number of nitrogens with zero attached hydrogens (tertiary/aromatic N) is 2. The Morgan fingerprint density at radius 2 is 1.92 bits per heavy atom. The molecular formula is C18H18N4O2. The third-order valence-corrected chi connectivity index (χ3v) is 3.68. The summed E-state index contributed by atoms with van der Waals surface area (Å²) in [5.41, 5.74) is 3.72. The van der Waals surface area contributed by atoms with Gasteiger partial charge in [-0.2, -0.15) is 0 Å². The van der Waals surface area contributed by atoms with E-state index in [2.05, 4.69) is 27.5 Å². The molecule has 6 heteroatoms. The van der Waals surface area contributed by atoms with Gasteiger partial charge < -0.3 is 15.1 Å². The highest BCUT2D eigenvalue weighted by Gasteiger charge is 2.08. The smallest absolute Gasteiger partial charge is 0.254 e. The molecule has 0 aliphatic carbocycles. The van der Waals surface area contributed by atoms with Crippen LogP contribution in [0.3, 0.4) is 0 Å². The lowest BCUT2D eigenvalue weighted by Gasteiger charge is -2.08. The van der Waals surface area contributed by atoms with Gasteiger partial charge in [0.2, 0.25) is 5.95 Å². The minimum atomic E-state index is -0.246. The van der Waals surface area contributed by atoms with Crippen molar-refractivity contribution in [2.45, 2.75) is 20.4 Å². The van der Waals surface area contributed by atoms with E-state index in [-0.39, 0.29) is 5.91 Å². The largest absolute Gasteiger partial charge is 0.467 e. The highest BCUT2D eigenvalue weighted by Crippen LogP contribution is 2.17. The van der Waals surface area contributed by atoms with E-state index < -0.39 is 0 Å². The molecule has 0 fully saturated rings. The fourth-order valence-electron chi connectivity index (χ4n) is 2.14. The minimum absolute atomic E-state index is 0.246. The topological polar surface area (TPSA) is 80.0 Å². The maximum Gasteiger partial charge on any atom is 0.254 e. The molecule has 0 saturated carbocycles. The Morgan fingerprint density at radius 1 is 1.12 bits per heavy atom. The van der Waals surface area contributed by atoms with Gasteiger partial charge in [0.05, 0.1) is 18.4 Å². The van der Waals surface area contributed by atoms with Crippen molar-refractivity contribution in [3.05, 3.63) is 71.4 Å². The molecule has 2 heterocycles. The summed E-state index contributed by atoms with van der Waals surface area (Å²) in [6.45, 7) is 4.44. The zero-order valence-electron chi connectivity index (χ0n) is 13.5. The van der Waals surface area contributed by atoms with Crippen molar-refractivity contribution in [2.75, 3.05) is 5.32 Å². The molecule has 0 bridgehead atoms. The fraction of sp³-hybridized carbons (Fsp3) is 0.167. The molecule has 2 N–H and O–H groups in total. The van der Waals surface area contributed by atoms with Gasteiger partial charge in [-0.15, -0.1) is 0 Å². The lowest BCUT2D eigenvalue weighted by atomic mass is 10.1. The van der Waals surface area contributed by atoms with Crippen LogP contribution in [-0.2, 0) is 6.54 Å². The summed E-state index contributed by atoms with van der Waals surface area (Å²) >= 11 is 0. The van der Waals surface area contributed by atoms with Gasteiger partial charge in [0.25, 0.3) is 5.91 Å². The van der Waals surface area contributed by atoms with Crippen molar-refractivity contribution in [3.63, 3.8) is 0 Å². The summed E-state index contributed by atoms with van der Waals surface area (Å²) in [5.74, 6) is 0.891. The molecule has 0 aliphatic rings. The van der Waals surface area contributed by atoms with Crippen LogP contribution in [0.15, 0.2) is 53.4 Å². The van der Waals surface area contributed by atoms with Crippen LogP contribution in [0.2, 0.25) is 0 Å². The predicted octanol–water partition coefficient (Wildman–Crippen LogP) is 3.36. The molecule has 1 amide bonds. The molecule has 0 aliphatic heterocycles. The zero-order chi connectivity index (χ0) is 16.9. The van der Waals surface area contributed by atoms with Crippen LogP contribution in [-0.4, -0.2) is 15.9 Å². The molecule has 0 atom stereocenters. The number of anilines is 2. The Kier molecular flexibility index (Phi) is 4.56. The number of hydrogen-bond acceptors (Lipinski definition) is 5. The number of rotatable bonds is 5. The summed E-state index contributed by atoms with van der Waals surface area (Å²) in [6, 6.07) is 9.61. The van der Waals surface area contributed by atoms with Crippen molar-refractivity contribution in [2.24, 2.45) is 0 Å². The first-order valence-electron chi connectivity index (χ1n) is 7.59. The average molecular weight is 322 g/mol. The molecule has 3 rings (SSSR count). The molecule has 6 nitrogen and oxygen atoms in total. The third-order valence-electron chi connectivity index (χ3n) is 3.68. The van der Waals surface area contributed by atoms with E-state index in [1.54, 1.807) is 18.4 Å². The number of hydrogen-bond donors (Lipinski definition) is 2. The van der Waals surface area contributed by atoms with E-state index in [1.807, 2.05) is 25.1 Å². The second-order valence-corrected chi connectivity index (χ2v) is 5.48. The summed E-state index contributed by atoms with van der Waals surface area (Å²) in [7, 11) is 0. The number of carbonyl (C=O) groups excluding carboxylic acids is 1. The summed E-state index contributed by atoms with van der Waals surface area (Å²) in [6.07, 6.45) is 4.56. The van der Waals surface area contributed by atoms with Gasteiger partial charge in [-0.3, -0.25) is 4.79 Å². The molecule has 24 heavy (non-hydrogen) atoms. The molecule has 0 unspecified atom stereocenters. The average Bonchev–Trinajstić information content (AvgIpc) is 3.10. The van der Waals surface area contributed by atoms with Crippen molar-refractivity contribution in [1.82, 2.24) is 15.3 Å². The standard InChI is InChI=1S/C18H18N4O2/c1-12-5-6-15(8-13(12)2)22-18-20-9-14(10-21-18)17(23)19-11-16-4-3-7-24-16/h3-10H,11H2,1-2H3,(H,19,23)(H,20,21,22). The summed E-state index contributed by atoms with van der Waals surface area (Å²) in [4.78, 5) is 20.4. The Labute approximate surface area is 140 Å². The molecule has 0 spiro atoms. The van der Waals surface area contributed by atoms with E-state index >= 15 is 0 Å². The van der Waals surface area contributed by atoms with Gasteiger partial charge in [0.1, 0.15) is 5.76 Å². The lowest BCUT2D eigenvalue weighted by molar-refractivity contribution is 0.0947. The van der Waals surface area contributed by atoms with Gasteiger partial charge in [-0.05, 0) is 49.2 Å². The van der Waals surface area contributed by atoms with Crippen molar-refractivity contribution < 1.29 is 9.21 Å². The molecule has 2 aromatic heterocycles. The van der Waals surface area contributed by atoms with Crippen molar-refractivity contribution in [1.29, 1.82) is 0 Å². The van der Waals surface area contributed by atoms with Crippen molar-refractivity contribution >= 4 is 17.5 Å². The summed E-state index contributed by atoms with van der Waals surface area (Å²) < 4.78 is 5.17. The van der Waals surface area contributed by atoms with Gasteiger partial charge in [0.15, 0.2) is 0 Å². The Morgan fingerprint density at radius 3 is 2.58 bits per heavy atom. The SMILES string of the molecule is Cc1ccc(Nc2ncc(C(=O)NCc3ccco3)cn2)cc1C. The number of carbonyl (C=O) groups is 1. The summed E-state index contributed by atoms with van der Waals surface area (Å²) in [5, 5.41) is 5.87. The van der Waals surface area contributed by atoms with E-state index in [9.17, 15) is 4.79 Å². The first-order chi connectivity index (χ1) is 11.6.